The number of rotatable bonds is 2. The number of aromatic nitrogens is 2. The van der Waals surface area contributed by atoms with E-state index in [1.165, 1.54) is 12.0 Å². The van der Waals surface area contributed by atoms with Crippen LogP contribution < -0.4 is 10.1 Å². The Morgan fingerprint density at radius 1 is 1.14 bits per heavy atom. The number of anilines is 1. The lowest BCUT2D eigenvalue weighted by atomic mass is 10.0. The van der Waals surface area contributed by atoms with Crippen LogP contribution in [-0.2, 0) is 13.5 Å². The zero-order valence-corrected chi connectivity index (χ0v) is 12.0. The number of hydrogen-bond acceptors (Lipinski definition) is 3. The van der Waals surface area contributed by atoms with Crippen LogP contribution in [0, 0.1) is 0 Å². The molecule has 1 N–H and O–H groups in total. The fourth-order valence-corrected chi connectivity index (χ4v) is 2.88. The molecule has 21 heavy (non-hydrogen) atoms. The van der Waals surface area contributed by atoms with Crippen LogP contribution in [0.1, 0.15) is 12.0 Å². The molecular weight excluding hydrogens is 262 g/mol. The summed E-state index contributed by atoms with van der Waals surface area (Å²) < 4.78 is 8.07. The molecule has 3 aromatic rings. The van der Waals surface area contributed by atoms with E-state index in [1.807, 2.05) is 48.0 Å². The third-order valence-corrected chi connectivity index (χ3v) is 3.98. The molecule has 0 spiro atoms. The number of ether oxygens (including phenoxy) is 1. The molecule has 0 saturated heterocycles. The lowest BCUT2D eigenvalue weighted by Gasteiger charge is -2.20. The van der Waals surface area contributed by atoms with Gasteiger partial charge in [0.1, 0.15) is 0 Å². The Labute approximate surface area is 123 Å². The number of benzene rings is 2. The minimum Gasteiger partial charge on any atom is -0.423 e. The second kappa shape index (κ2) is 4.81. The van der Waals surface area contributed by atoms with Gasteiger partial charge in [-0.25, -0.2) is 0 Å². The van der Waals surface area contributed by atoms with Gasteiger partial charge in [-0.15, -0.1) is 0 Å². The third kappa shape index (κ3) is 2.03. The summed E-state index contributed by atoms with van der Waals surface area (Å²) in [6.45, 7) is 0.996. The van der Waals surface area contributed by atoms with E-state index in [2.05, 4.69) is 16.4 Å². The van der Waals surface area contributed by atoms with Gasteiger partial charge in [0, 0.05) is 13.6 Å². The predicted molar refractivity (Wildman–Crippen MR) is 84.0 cm³/mol. The van der Waals surface area contributed by atoms with Crippen molar-refractivity contribution < 1.29 is 4.74 Å². The van der Waals surface area contributed by atoms with Crippen molar-refractivity contribution in [1.82, 2.24) is 9.55 Å². The average Bonchev–Trinajstić information content (AvgIpc) is 2.85. The van der Waals surface area contributed by atoms with E-state index in [0.717, 1.165) is 35.4 Å². The summed E-state index contributed by atoms with van der Waals surface area (Å²) in [5.74, 6) is 0.852. The number of imidazole rings is 1. The van der Waals surface area contributed by atoms with Gasteiger partial charge in [0.05, 0.1) is 16.7 Å². The fourth-order valence-electron chi connectivity index (χ4n) is 2.88. The maximum Gasteiger partial charge on any atom is 0.302 e. The second-order valence-electron chi connectivity index (χ2n) is 5.36. The summed E-state index contributed by atoms with van der Waals surface area (Å²) in [7, 11) is 1.98. The highest BCUT2D eigenvalue weighted by Gasteiger charge is 2.16. The second-order valence-corrected chi connectivity index (χ2v) is 5.36. The fraction of sp³-hybridized carbons (Fsp3) is 0.235. The van der Waals surface area contributed by atoms with Crippen LogP contribution in [0.5, 0.6) is 11.8 Å². The third-order valence-electron chi connectivity index (χ3n) is 3.98. The normalized spacial score (nSPS) is 13.8. The molecule has 0 aliphatic carbocycles. The molecule has 4 heteroatoms. The quantitative estimate of drug-likeness (QED) is 0.777. The molecule has 4 nitrogen and oxygen atoms in total. The highest BCUT2D eigenvalue weighted by Crippen LogP contribution is 2.35. The number of fused-ring (bicyclic) bond motifs is 2. The van der Waals surface area contributed by atoms with Gasteiger partial charge in [0.25, 0.3) is 0 Å². The van der Waals surface area contributed by atoms with Gasteiger partial charge < -0.3 is 10.1 Å². The van der Waals surface area contributed by atoms with Crippen LogP contribution in [0.2, 0.25) is 0 Å². The highest BCUT2D eigenvalue weighted by molar-refractivity contribution is 5.76. The molecule has 1 aliphatic heterocycles. The first-order chi connectivity index (χ1) is 10.3. The smallest absolute Gasteiger partial charge is 0.302 e. The van der Waals surface area contributed by atoms with Crippen molar-refractivity contribution in [2.45, 2.75) is 12.8 Å². The SMILES string of the molecule is Cn1c(Oc2cccc3c2NCCC3)nc2ccccc21. The van der Waals surface area contributed by atoms with Crippen LogP contribution in [0.25, 0.3) is 11.0 Å². The monoisotopic (exact) mass is 279 g/mol. The Morgan fingerprint density at radius 3 is 2.95 bits per heavy atom. The maximum atomic E-state index is 6.08. The van der Waals surface area contributed by atoms with E-state index in [4.69, 9.17) is 4.74 Å². The number of hydrogen-bond donors (Lipinski definition) is 1. The summed E-state index contributed by atoms with van der Waals surface area (Å²) in [4.78, 5) is 4.57. The largest absolute Gasteiger partial charge is 0.423 e. The van der Waals surface area contributed by atoms with Gasteiger partial charge in [-0.2, -0.15) is 4.98 Å². The van der Waals surface area contributed by atoms with Crippen molar-refractivity contribution in [2.75, 3.05) is 11.9 Å². The molecule has 2 aromatic carbocycles. The Hall–Kier alpha value is -2.49. The van der Waals surface area contributed by atoms with Gasteiger partial charge in [-0.1, -0.05) is 24.3 Å². The van der Waals surface area contributed by atoms with Gasteiger partial charge >= 0.3 is 6.01 Å². The minimum absolute atomic E-state index is 0.622. The van der Waals surface area contributed by atoms with Crippen molar-refractivity contribution in [1.29, 1.82) is 0 Å². The Morgan fingerprint density at radius 2 is 2.05 bits per heavy atom. The van der Waals surface area contributed by atoms with Crippen LogP contribution in [0.4, 0.5) is 5.69 Å². The van der Waals surface area contributed by atoms with Crippen LogP contribution in [0.15, 0.2) is 42.5 Å². The number of nitrogens with one attached hydrogen (secondary N) is 1. The van der Waals surface area contributed by atoms with Crippen LogP contribution in [-0.4, -0.2) is 16.1 Å². The molecule has 2 heterocycles. The van der Waals surface area contributed by atoms with E-state index in [0.29, 0.717) is 6.01 Å². The maximum absolute atomic E-state index is 6.08. The molecule has 0 unspecified atom stereocenters. The summed E-state index contributed by atoms with van der Waals surface area (Å²) in [5, 5.41) is 3.44. The number of aryl methyl sites for hydroxylation is 2. The molecule has 0 amide bonds. The first kappa shape index (κ1) is 12.3. The summed E-state index contributed by atoms with van der Waals surface area (Å²) in [6, 6.07) is 14.9. The van der Waals surface area contributed by atoms with Crippen LogP contribution in [0.3, 0.4) is 0 Å². The molecule has 1 aliphatic rings. The van der Waals surface area contributed by atoms with E-state index in [-0.39, 0.29) is 0 Å². The summed E-state index contributed by atoms with van der Waals surface area (Å²) in [6.07, 6.45) is 2.27. The van der Waals surface area contributed by atoms with Gasteiger partial charge in [-0.05, 0) is 36.6 Å². The first-order valence-electron chi connectivity index (χ1n) is 7.28. The van der Waals surface area contributed by atoms with E-state index < -0.39 is 0 Å². The lowest BCUT2D eigenvalue weighted by Crippen LogP contribution is -2.12. The van der Waals surface area contributed by atoms with E-state index in [9.17, 15) is 0 Å². The molecule has 0 fully saturated rings. The number of para-hydroxylation sites is 3. The summed E-state index contributed by atoms with van der Waals surface area (Å²) >= 11 is 0. The van der Waals surface area contributed by atoms with Crippen LogP contribution >= 0.6 is 0 Å². The Bertz CT molecular complexity index is 807. The Kier molecular flexibility index (Phi) is 2.81. The molecular formula is C17H17N3O. The first-order valence-corrected chi connectivity index (χ1v) is 7.28. The minimum atomic E-state index is 0.622. The van der Waals surface area contributed by atoms with Crippen molar-refractivity contribution in [2.24, 2.45) is 7.05 Å². The predicted octanol–water partition coefficient (Wildman–Crippen LogP) is 3.72. The van der Waals surface area contributed by atoms with Crippen molar-refractivity contribution in [3.05, 3.63) is 48.0 Å². The average molecular weight is 279 g/mol. The molecule has 106 valence electrons. The van der Waals surface area contributed by atoms with Crippen molar-refractivity contribution in [3.63, 3.8) is 0 Å². The van der Waals surface area contributed by atoms with Gasteiger partial charge in [-0.3, -0.25) is 4.57 Å². The molecule has 4 rings (SSSR count). The van der Waals surface area contributed by atoms with E-state index in [1.54, 1.807) is 0 Å². The van der Waals surface area contributed by atoms with Gasteiger partial charge in [0.2, 0.25) is 0 Å². The molecule has 0 saturated carbocycles. The number of nitrogens with zero attached hydrogens (tertiary/aromatic N) is 2. The molecule has 0 atom stereocenters. The van der Waals surface area contributed by atoms with E-state index >= 15 is 0 Å². The van der Waals surface area contributed by atoms with Crippen molar-refractivity contribution in [3.8, 4) is 11.8 Å². The van der Waals surface area contributed by atoms with Crippen molar-refractivity contribution >= 4 is 16.7 Å². The van der Waals surface area contributed by atoms with Gasteiger partial charge in [0.15, 0.2) is 5.75 Å². The zero-order chi connectivity index (χ0) is 14.2. The lowest BCUT2D eigenvalue weighted by molar-refractivity contribution is 0.428. The highest BCUT2D eigenvalue weighted by atomic mass is 16.5. The topological polar surface area (TPSA) is 39.1 Å². The standard InChI is InChI=1S/C17H17N3O/c1-20-14-9-3-2-8-13(14)19-17(20)21-15-10-4-6-12-7-5-11-18-16(12)15/h2-4,6,8-10,18H,5,7,11H2,1H3. The molecule has 0 bridgehead atoms. The Balaban J connectivity index is 1.77. The molecule has 0 radical (unpaired) electrons. The zero-order valence-electron chi connectivity index (χ0n) is 12.0. The molecule has 1 aromatic heterocycles. The summed E-state index contributed by atoms with van der Waals surface area (Å²) in [5.41, 5.74) is 4.45.